The van der Waals surface area contributed by atoms with Crippen LogP contribution in [-0.4, -0.2) is 62.3 Å². The third-order valence-corrected chi connectivity index (χ3v) is 5.84. The molecule has 0 atom stereocenters. The number of carbonyl (C=O) groups excluding carboxylic acids is 1. The molecule has 3 N–H and O–H groups in total. The van der Waals surface area contributed by atoms with E-state index >= 15 is 0 Å². The van der Waals surface area contributed by atoms with Crippen LogP contribution in [0.25, 0.3) is 0 Å². The van der Waals surface area contributed by atoms with E-state index in [4.69, 9.17) is 0 Å². The molecule has 1 amide bonds. The fraction of sp³-hybridized carbons (Fsp3) is 0.529. The number of hydrogen-bond donors (Lipinski definition) is 3. The normalized spacial score (nSPS) is 16.5. The van der Waals surface area contributed by atoms with E-state index in [0.29, 0.717) is 22.5 Å². The average Bonchev–Trinajstić information content (AvgIpc) is 2.66. The van der Waals surface area contributed by atoms with Gasteiger partial charge in [0.2, 0.25) is 5.91 Å². The molecule has 30 heavy (non-hydrogen) atoms. The summed E-state index contributed by atoms with van der Waals surface area (Å²) in [6, 6.07) is 8.63. The van der Waals surface area contributed by atoms with Gasteiger partial charge in [-0.3, -0.25) is 4.79 Å². The van der Waals surface area contributed by atoms with Gasteiger partial charge in [-0.15, -0.1) is 24.0 Å². The molecule has 0 radical (unpaired) electrons. The van der Waals surface area contributed by atoms with Crippen molar-refractivity contribution in [2.75, 3.05) is 31.5 Å². The predicted molar refractivity (Wildman–Crippen MR) is 119 cm³/mol. The highest BCUT2D eigenvalue weighted by atomic mass is 127. The number of benzene rings is 1. The number of halogens is 4. The van der Waals surface area contributed by atoms with Crippen LogP contribution in [0, 0.1) is 0 Å². The Balaban J connectivity index is 0.00000450. The zero-order valence-corrected chi connectivity index (χ0v) is 19.4. The summed E-state index contributed by atoms with van der Waals surface area (Å²) >= 11 is 0. The first-order valence-electron chi connectivity index (χ1n) is 9.09. The summed E-state index contributed by atoms with van der Waals surface area (Å²) in [5.74, 6) is 0.0207. The molecule has 1 aliphatic heterocycles. The van der Waals surface area contributed by atoms with Gasteiger partial charge in [0.15, 0.2) is 5.96 Å². The Labute approximate surface area is 190 Å². The molecule has 0 aromatic heterocycles. The predicted octanol–water partition coefficient (Wildman–Crippen LogP) is 2.11. The number of rotatable bonds is 6. The molecule has 0 saturated carbocycles. The van der Waals surface area contributed by atoms with Gasteiger partial charge in [-0.1, -0.05) is 18.2 Å². The van der Waals surface area contributed by atoms with Crippen LogP contribution < -0.4 is 16.0 Å². The van der Waals surface area contributed by atoms with E-state index in [2.05, 4.69) is 20.9 Å². The SMILES string of the molecule is CCNC(=NCC(=O)Nc1ccccc1)NC1CCN(S(=O)(=O)C(F)(F)F)CC1.I. The number of alkyl halides is 3. The summed E-state index contributed by atoms with van der Waals surface area (Å²) in [7, 11) is -5.31. The van der Waals surface area contributed by atoms with Crippen molar-refractivity contribution in [1.82, 2.24) is 14.9 Å². The molecular formula is C17H25F3IN5O3S. The molecule has 8 nitrogen and oxygen atoms in total. The van der Waals surface area contributed by atoms with E-state index in [1.54, 1.807) is 24.3 Å². The van der Waals surface area contributed by atoms with Crippen molar-refractivity contribution >= 4 is 51.6 Å². The number of guanidine groups is 1. The van der Waals surface area contributed by atoms with Gasteiger partial charge in [0.05, 0.1) is 0 Å². The van der Waals surface area contributed by atoms with Crippen molar-refractivity contribution in [2.24, 2.45) is 4.99 Å². The molecule has 1 fully saturated rings. The third kappa shape index (κ3) is 7.58. The van der Waals surface area contributed by atoms with Crippen LogP contribution >= 0.6 is 24.0 Å². The number of hydrogen-bond acceptors (Lipinski definition) is 4. The summed E-state index contributed by atoms with van der Waals surface area (Å²) in [5, 5.41) is 8.70. The lowest BCUT2D eigenvalue weighted by molar-refractivity contribution is -0.114. The van der Waals surface area contributed by atoms with E-state index in [1.165, 1.54) is 0 Å². The third-order valence-electron chi connectivity index (χ3n) is 4.21. The summed E-state index contributed by atoms with van der Waals surface area (Å²) in [5.41, 5.74) is -4.65. The standard InChI is InChI=1S/C17H24F3N5O3S.HI/c1-2-21-16(22-12-15(26)23-13-6-4-3-5-7-13)24-14-8-10-25(11-9-14)29(27,28)17(18,19)20;/h3-7,14H,2,8-12H2,1H3,(H,23,26)(H2,21,22,24);1H. The minimum atomic E-state index is -5.31. The molecule has 0 unspecified atom stereocenters. The van der Waals surface area contributed by atoms with E-state index in [9.17, 15) is 26.4 Å². The van der Waals surface area contributed by atoms with E-state index < -0.39 is 15.5 Å². The van der Waals surface area contributed by atoms with Gasteiger partial charge < -0.3 is 16.0 Å². The maximum atomic E-state index is 12.6. The summed E-state index contributed by atoms with van der Waals surface area (Å²) < 4.78 is 61.3. The number of amides is 1. The van der Waals surface area contributed by atoms with Gasteiger partial charge in [0.1, 0.15) is 6.54 Å². The molecule has 1 aromatic rings. The van der Waals surface area contributed by atoms with Crippen LogP contribution in [0.4, 0.5) is 18.9 Å². The van der Waals surface area contributed by atoms with Crippen molar-refractivity contribution in [2.45, 2.75) is 31.3 Å². The van der Waals surface area contributed by atoms with Gasteiger partial charge in [-0.25, -0.2) is 13.4 Å². The summed E-state index contributed by atoms with van der Waals surface area (Å²) in [6.45, 7) is 1.72. The molecule has 0 bridgehead atoms. The van der Waals surface area contributed by atoms with Gasteiger partial charge in [-0.2, -0.15) is 17.5 Å². The number of carbonyl (C=O) groups is 1. The van der Waals surface area contributed by atoms with Crippen LogP contribution in [0.15, 0.2) is 35.3 Å². The van der Waals surface area contributed by atoms with Gasteiger partial charge in [0, 0.05) is 31.4 Å². The van der Waals surface area contributed by atoms with Crippen molar-refractivity contribution in [1.29, 1.82) is 0 Å². The molecule has 13 heteroatoms. The highest BCUT2D eigenvalue weighted by Gasteiger charge is 2.50. The largest absolute Gasteiger partial charge is 0.511 e. The van der Waals surface area contributed by atoms with Crippen LogP contribution in [0.5, 0.6) is 0 Å². The first-order valence-corrected chi connectivity index (χ1v) is 10.5. The Bertz CT molecular complexity index is 814. The minimum Gasteiger partial charge on any atom is -0.357 e. The number of para-hydroxylation sites is 1. The molecule has 170 valence electrons. The van der Waals surface area contributed by atoms with E-state index in [1.807, 2.05) is 13.0 Å². The maximum absolute atomic E-state index is 12.6. The molecule has 1 heterocycles. The second kappa shape index (κ2) is 11.7. The smallest absolute Gasteiger partial charge is 0.357 e. The summed E-state index contributed by atoms with van der Waals surface area (Å²) in [4.78, 5) is 16.2. The number of sulfonamides is 1. The Morgan fingerprint density at radius 2 is 1.80 bits per heavy atom. The maximum Gasteiger partial charge on any atom is 0.511 e. The van der Waals surface area contributed by atoms with Gasteiger partial charge >= 0.3 is 15.5 Å². The zero-order chi connectivity index (χ0) is 21.5. The van der Waals surface area contributed by atoms with Gasteiger partial charge in [0.25, 0.3) is 0 Å². The van der Waals surface area contributed by atoms with Crippen LogP contribution in [0.3, 0.4) is 0 Å². The Hall–Kier alpha value is -1.61. The van der Waals surface area contributed by atoms with Crippen LogP contribution in [0.2, 0.25) is 0 Å². The van der Waals surface area contributed by atoms with E-state index in [0.717, 1.165) is 0 Å². The molecule has 1 aromatic carbocycles. The number of piperidine rings is 1. The first-order chi connectivity index (χ1) is 13.6. The van der Waals surface area contributed by atoms with Crippen molar-refractivity contribution in [3.63, 3.8) is 0 Å². The lowest BCUT2D eigenvalue weighted by atomic mass is 10.1. The Kier molecular flexibility index (Phi) is 10.3. The minimum absolute atomic E-state index is 0. The van der Waals surface area contributed by atoms with Crippen LogP contribution in [-0.2, 0) is 14.8 Å². The average molecular weight is 563 g/mol. The quantitative estimate of drug-likeness (QED) is 0.280. The molecule has 0 aliphatic carbocycles. The highest BCUT2D eigenvalue weighted by molar-refractivity contribution is 14.0. The molecular weight excluding hydrogens is 538 g/mol. The number of nitrogens with one attached hydrogen (secondary N) is 3. The molecule has 2 rings (SSSR count). The number of aliphatic imine (C=N–C) groups is 1. The second-order valence-electron chi connectivity index (χ2n) is 6.38. The lowest BCUT2D eigenvalue weighted by Gasteiger charge is -2.32. The number of nitrogens with zero attached hydrogens (tertiary/aromatic N) is 2. The highest BCUT2D eigenvalue weighted by Crippen LogP contribution is 2.28. The Morgan fingerprint density at radius 1 is 1.20 bits per heavy atom. The first kappa shape index (κ1) is 26.4. The zero-order valence-electron chi connectivity index (χ0n) is 16.3. The Morgan fingerprint density at radius 3 is 2.33 bits per heavy atom. The number of anilines is 1. The molecule has 1 saturated heterocycles. The molecule has 1 aliphatic rings. The van der Waals surface area contributed by atoms with Gasteiger partial charge in [-0.05, 0) is 31.9 Å². The van der Waals surface area contributed by atoms with Crippen molar-refractivity contribution < 1.29 is 26.4 Å². The van der Waals surface area contributed by atoms with E-state index in [-0.39, 0.29) is 68.4 Å². The van der Waals surface area contributed by atoms with Crippen molar-refractivity contribution in [3.8, 4) is 0 Å². The second-order valence-corrected chi connectivity index (χ2v) is 8.31. The molecule has 0 spiro atoms. The van der Waals surface area contributed by atoms with Crippen molar-refractivity contribution in [3.05, 3.63) is 30.3 Å². The lowest BCUT2D eigenvalue weighted by Crippen LogP contribution is -2.51. The fourth-order valence-corrected chi connectivity index (χ4v) is 3.76. The summed E-state index contributed by atoms with van der Waals surface area (Å²) in [6.07, 6.45) is 0.381. The monoisotopic (exact) mass is 563 g/mol. The fourth-order valence-electron chi connectivity index (χ4n) is 2.77. The topological polar surface area (TPSA) is 103 Å². The van der Waals surface area contributed by atoms with Crippen LogP contribution in [0.1, 0.15) is 19.8 Å².